The number of ether oxygens (including phenoxy) is 1. The quantitative estimate of drug-likeness (QED) is 0.430. The van der Waals surface area contributed by atoms with Gasteiger partial charge in [-0.1, -0.05) is 66.6 Å². The molecule has 0 atom stereocenters. The van der Waals surface area contributed by atoms with Crippen LogP contribution in [0.1, 0.15) is 30.0 Å². The van der Waals surface area contributed by atoms with Gasteiger partial charge in [-0.15, -0.1) is 0 Å². The van der Waals surface area contributed by atoms with E-state index in [-0.39, 0.29) is 5.70 Å². The lowest BCUT2D eigenvalue weighted by atomic mass is 10.0. The monoisotopic (exact) mass is 460 g/mol. The fourth-order valence-electron chi connectivity index (χ4n) is 3.69. The van der Waals surface area contributed by atoms with Gasteiger partial charge in [0, 0.05) is 10.7 Å². The van der Waals surface area contributed by atoms with Crippen molar-refractivity contribution in [2.45, 2.75) is 27.2 Å². The summed E-state index contributed by atoms with van der Waals surface area (Å²) in [6.07, 6.45) is 0.809. The van der Waals surface area contributed by atoms with E-state index in [1.807, 2.05) is 57.2 Å². The molecule has 3 aromatic carbocycles. The van der Waals surface area contributed by atoms with E-state index < -0.39 is 11.8 Å². The lowest BCUT2D eigenvalue weighted by Crippen LogP contribution is -2.32. The molecule has 3 aromatic rings. The second kappa shape index (κ2) is 9.51. The number of hydrogen-bond acceptors (Lipinski definition) is 4. The topological polar surface area (TPSA) is 58.6 Å². The predicted molar refractivity (Wildman–Crippen MR) is 133 cm³/mol. The van der Waals surface area contributed by atoms with Gasteiger partial charge in [0.05, 0.1) is 17.9 Å². The number of carbonyl (C=O) groups is 2. The molecule has 0 saturated carbocycles. The Hall–Kier alpha value is -3.57. The van der Waals surface area contributed by atoms with E-state index in [9.17, 15) is 9.59 Å². The summed E-state index contributed by atoms with van der Waals surface area (Å²) in [5.41, 5.74) is 4.23. The van der Waals surface area contributed by atoms with E-state index in [1.165, 1.54) is 4.90 Å². The van der Waals surface area contributed by atoms with Crippen molar-refractivity contribution >= 4 is 40.4 Å². The first-order chi connectivity index (χ1) is 15.9. The Kier molecular flexibility index (Phi) is 6.52. The van der Waals surface area contributed by atoms with E-state index >= 15 is 0 Å². The van der Waals surface area contributed by atoms with Gasteiger partial charge >= 0.3 is 0 Å². The third kappa shape index (κ3) is 4.50. The van der Waals surface area contributed by atoms with Gasteiger partial charge < -0.3 is 10.1 Å². The maximum Gasteiger partial charge on any atom is 0.282 e. The van der Waals surface area contributed by atoms with Gasteiger partial charge in [0.1, 0.15) is 11.4 Å². The van der Waals surface area contributed by atoms with Crippen LogP contribution in [0, 0.1) is 13.8 Å². The van der Waals surface area contributed by atoms with Crippen molar-refractivity contribution in [3.05, 3.63) is 94.1 Å². The van der Waals surface area contributed by atoms with Crippen molar-refractivity contribution in [3.63, 3.8) is 0 Å². The largest absolute Gasteiger partial charge is 0.491 e. The maximum atomic E-state index is 13.7. The van der Waals surface area contributed by atoms with Gasteiger partial charge in [-0.2, -0.15) is 0 Å². The zero-order valence-corrected chi connectivity index (χ0v) is 19.6. The Morgan fingerprint density at radius 1 is 0.939 bits per heavy atom. The normalized spacial score (nSPS) is 13.6. The summed E-state index contributed by atoms with van der Waals surface area (Å²) >= 11 is 6.20. The number of carbonyl (C=O) groups excluding carboxylic acids is 2. The number of nitrogens with one attached hydrogen (secondary N) is 1. The molecule has 0 spiro atoms. The molecule has 33 heavy (non-hydrogen) atoms. The second-order valence-corrected chi connectivity index (χ2v) is 8.40. The van der Waals surface area contributed by atoms with E-state index in [1.54, 1.807) is 30.3 Å². The minimum absolute atomic E-state index is 0.208. The highest BCUT2D eigenvalue weighted by molar-refractivity contribution is 6.46. The van der Waals surface area contributed by atoms with Gasteiger partial charge in [0.25, 0.3) is 11.8 Å². The van der Waals surface area contributed by atoms with E-state index in [0.29, 0.717) is 39.9 Å². The molecular formula is C27H25ClN2O3. The first-order valence-electron chi connectivity index (χ1n) is 10.9. The molecule has 0 saturated heterocycles. The maximum absolute atomic E-state index is 13.7. The summed E-state index contributed by atoms with van der Waals surface area (Å²) in [6.45, 7) is 6.37. The van der Waals surface area contributed by atoms with E-state index in [2.05, 4.69) is 5.32 Å². The molecule has 5 nitrogen and oxygen atoms in total. The minimum Gasteiger partial charge on any atom is -0.491 e. The molecule has 1 N–H and O–H groups in total. The number of para-hydroxylation sites is 2. The summed E-state index contributed by atoms with van der Waals surface area (Å²) in [7, 11) is 0. The molecule has 0 radical (unpaired) electrons. The van der Waals surface area contributed by atoms with Gasteiger partial charge in [0.15, 0.2) is 0 Å². The third-order valence-corrected chi connectivity index (χ3v) is 5.69. The Labute approximate surface area is 198 Å². The molecule has 6 heteroatoms. The Balaban J connectivity index is 1.83. The SMILES string of the molecule is CCCOc1ccccc1N1C(=O)C(Nc2cc(Cl)ccc2C)=C(c2ccc(C)cc2)C1=O. The zero-order valence-electron chi connectivity index (χ0n) is 18.8. The van der Waals surface area contributed by atoms with Crippen LogP contribution < -0.4 is 15.0 Å². The Bertz CT molecular complexity index is 1250. The van der Waals surface area contributed by atoms with Crippen molar-refractivity contribution in [2.24, 2.45) is 0 Å². The number of imide groups is 1. The molecular weight excluding hydrogens is 436 g/mol. The molecule has 0 bridgehead atoms. The first-order valence-corrected chi connectivity index (χ1v) is 11.2. The van der Waals surface area contributed by atoms with Crippen molar-refractivity contribution in [1.82, 2.24) is 0 Å². The van der Waals surface area contributed by atoms with Crippen LogP contribution in [0.15, 0.2) is 72.4 Å². The van der Waals surface area contributed by atoms with E-state index in [0.717, 1.165) is 17.5 Å². The fourth-order valence-corrected chi connectivity index (χ4v) is 3.86. The number of anilines is 2. The Morgan fingerprint density at radius 3 is 2.39 bits per heavy atom. The first kappa shape index (κ1) is 22.6. The molecule has 4 rings (SSSR count). The van der Waals surface area contributed by atoms with E-state index in [4.69, 9.17) is 16.3 Å². The van der Waals surface area contributed by atoms with Crippen molar-refractivity contribution < 1.29 is 14.3 Å². The molecule has 0 unspecified atom stereocenters. The highest BCUT2D eigenvalue weighted by atomic mass is 35.5. The van der Waals surface area contributed by atoms with Crippen LogP contribution in [-0.4, -0.2) is 18.4 Å². The van der Waals surface area contributed by atoms with Gasteiger partial charge in [0.2, 0.25) is 0 Å². The molecule has 2 amide bonds. The summed E-state index contributed by atoms with van der Waals surface area (Å²) < 4.78 is 5.84. The number of amides is 2. The summed E-state index contributed by atoms with van der Waals surface area (Å²) in [5.74, 6) is -0.356. The average Bonchev–Trinajstić information content (AvgIpc) is 3.05. The highest BCUT2D eigenvalue weighted by Gasteiger charge is 2.41. The van der Waals surface area contributed by atoms with Crippen LogP contribution >= 0.6 is 11.6 Å². The summed E-state index contributed by atoms with van der Waals surface area (Å²) in [4.78, 5) is 28.6. The standard InChI is InChI=1S/C27H25ClN2O3/c1-4-15-33-23-8-6-5-7-22(23)30-26(31)24(19-12-9-17(2)10-13-19)25(27(30)32)29-21-16-20(28)14-11-18(21)3/h5-14,16,29H,4,15H2,1-3H3. The lowest BCUT2D eigenvalue weighted by Gasteiger charge is -2.19. The van der Waals surface area contributed by atoms with Crippen molar-refractivity contribution in [3.8, 4) is 5.75 Å². The third-order valence-electron chi connectivity index (χ3n) is 5.45. The molecule has 168 valence electrons. The molecule has 1 aliphatic rings. The zero-order chi connectivity index (χ0) is 23.5. The molecule has 0 aliphatic carbocycles. The number of benzene rings is 3. The summed E-state index contributed by atoms with van der Waals surface area (Å²) in [5, 5.41) is 3.73. The highest BCUT2D eigenvalue weighted by Crippen LogP contribution is 2.38. The van der Waals surface area contributed by atoms with Crippen LogP contribution in [0.5, 0.6) is 5.75 Å². The number of hydrogen-bond donors (Lipinski definition) is 1. The van der Waals surface area contributed by atoms with Crippen molar-refractivity contribution in [2.75, 3.05) is 16.8 Å². The van der Waals surface area contributed by atoms with Crippen LogP contribution in [0.3, 0.4) is 0 Å². The number of nitrogens with zero attached hydrogens (tertiary/aromatic N) is 1. The van der Waals surface area contributed by atoms with Crippen LogP contribution in [0.2, 0.25) is 5.02 Å². The number of halogens is 1. The van der Waals surface area contributed by atoms with Crippen LogP contribution in [-0.2, 0) is 9.59 Å². The van der Waals surface area contributed by atoms with Crippen LogP contribution in [0.25, 0.3) is 5.57 Å². The fraction of sp³-hybridized carbons (Fsp3) is 0.185. The Morgan fingerprint density at radius 2 is 1.67 bits per heavy atom. The van der Waals surface area contributed by atoms with Gasteiger partial charge in [-0.05, 0) is 55.7 Å². The second-order valence-electron chi connectivity index (χ2n) is 7.96. The predicted octanol–water partition coefficient (Wildman–Crippen LogP) is 6.14. The van der Waals surface area contributed by atoms with Gasteiger partial charge in [-0.3, -0.25) is 9.59 Å². The molecule has 0 fully saturated rings. The van der Waals surface area contributed by atoms with Gasteiger partial charge in [-0.25, -0.2) is 4.90 Å². The molecule has 0 aromatic heterocycles. The van der Waals surface area contributed by atoms with Crippen molar-refractivity contribution in [1.29, 1.82) is 0 Å². The molecule has 1 heterocycles. The number of rotatable bonds is 7. The average molecular weight is 461 g/mol. The molecule has 1 aliphatic heterocycles. The summed E-state index contributed by atoms with van der Waals surface area (Å²) in [6, 6.07) is 20.0. The number of aryl methyl sites for hydroxylation is 2. The minimum atomic E-state index is -0.442. The van der Waals surface area contributed by atoms with Crippen LogP contribution in [0.4, 0.5) is 11.4 Å². The lowest BCUT2D eigenvalue weighted by molar-refractivity contribution is -0.120. The smallest absolute Gasteiger partial charge is 0.282 e.